The largest absolute Gasteiger partial charge is 0.299 e. The van der Waals surface area contributed by atoms with Crippen molar-refractivity contribution in [1.29, 1.82) is 0 Å². The molecule has 0 aromatic carbocycles. The second-order valence-corrected chi connectivity index (χ2v) is 10.6. The Morgan fingerprint density at radius 1 is 1.07 bits per heavy atom. The highest BCUT2D eigenvalue weighted by Gasteiger charge is 2.64. The number of hydroxylamine groups is 2. The first-order chi connectivity index (χ1) is 12.6. The number of nitrogens with zero attached hydrogens (tertiary/aromatic N) is 1. The first-order valence-electron chi connectivity index (χ1n) is 9.28. The highest BCUT2D eigenvalue weighted by atomic mass is 32.2. The maximum absolute atomic E-state index is 12.8. The van der Waals surface area contributed by atoms with Crippen molar-refractivity contribution in [3.8, 4) is 0 Å². The lowest BCUT2D eigenvalue weighted by atomic mass is 9.70. The molecule has 1 aliphatic heterocycles. The standard InChI is InChI=1S/C19H21NO6S/c1-18(2)12-5-6-19(18,13(21)8-12)9-27(24,25)26-20-16(22)14-10-3-4-11(7-10)15(14)17(20)23/h3-6,10-12,14-15H,7-9H2,1-2H3/t10-,11+,12-,14-,15+,19-/m1/s1. The first kappa shape index (κ1) is 17.3. The van der Waals surface area contributed by atoms with E-state index in [0.717, 1.165) is 6.42 Å². The molecule has 1 saturated heterocycles. The van der Waals surface area contributed by atoms with Crippen LogP contribution in [-0.2, 0) is 28.8 Å². The van der Waals surface area contributed by atoms with Crippen molar-refractivity contribution in [2.75, 3.05) is 5.75 Å². The van der Waals surface area contributed by atoms with Crippen LogP contribution in [0.5, 0.6) is 0 Å². The van der Waals surface area contributed by atoms with Crippen LogP contribution in [-0.4, -0.2) is 36.8 Å². The number of hydrogen-bond acceptors (Lipinski definition) is 6. The minimum atomic E-state index is -4.32. The van der Waals surface area contributed by atoms with Crippen molar-refractivity contribution < 1.29 is 27.1 Å². The van der Waals surface area contributed by atoms with E-state index >= 15 is 0 Å². The first-order valence-corrected chi connectivity index (χ1v) is 10.9. The number of imide groups is 1. The Kier molecular flexibility index (Phi) is 3.19. The van der Waals surface area contributed by atoms with Crippen molar-refractivity contribution in [2.45, 2.75) is 26.7 Å². The number of hydrogen-bond donors (Lipinski definition) is 0. The SMILES string of the molecule is CC1(C)[C@@H]2C=C[C@@]1(CS(=O)(=O)ON1C(=O)[C@@H]3[C@H](C1=O)[C@@H]1C=C[C@H]3C1)C(=O)C2. The van der Waals surface area contributed by atoms with E-state index in [2.05, 4.69) is 0 Å². The Hall–Kier alpha value is -1.80. The Labute approximate surface area is 157 Å². The number of Topliss-reactive ketones (excluding diaryl/α,β-unsaturated/α-hetero) is 1. The van der Waals surface area contributed by atoms with Gasteiger partial charge in [0.05, 0.1) is 23.0 Å². The average Bonchev–Trinajstić information content (AvgIpc) is 3.33. The van der Waals surface area contributed by atoms with Gasteiger partial charge in [0, 0.05) is 6.42 Å². The predicted octanol–water partition coefficient (Wildman–Crippen LogP) is 1.23. The van der Waals surface area contributed by atoms with E-state index in [9.17, 15) is 22.8 Å². The van der Waals surface area contributed by atoms with Crippen LogP contribution >= 0.6 is 0 Å². The van der Waals surface area contributed by atoms with Gasteiger partial charge in [0.2, 0.25) is 0 Å². The zero-order valence-corrected chi connectivity index (χ0v) is 15.9. The van der Waals surface area contributed by atoms with Crippen LogP contribution in [0.15, 0.2) is 24.3 Å². The summed E-state index contributed by atoms with van der Waals surface area (Å²) in [6.07, 6.45) is 8.47. The molecule has 0 aromatic rings. The summed E-state index contributed by atoms with van der Waals surface area (Å²) in [5, 5.41) is 0.441. The smallest absolute Gasteiger partial charge is 0.289 e. The number of fused-ring (bicyclic) bond motifs is 7. The molecular formula is C19H21NO6S. The van der Waals surface area contributed by atoms with Gasteiger partial charge < -0.3 is 0 Å². The van der Waals surface area contributed by atoms with Crippen molar-refractivity contribution in [1.82, 2.24) is 5.06 Å². The molecule has 6 atom stereocenters. The predicted molar refractivity (Wildman–Crippen MR) is 92.9 cm³/mol. The van der Waals surface area contributed by atoms with E-state index in [1.165, 1.54) is 0 Å². The molecule has 0 radical (unpaired) electrons. The lowest BCUT2D eigenvalue weighted by Crippen LogP contribution is -2.44. The van der Waals surface area contributed by atoms with Crippen LogP contribution in [0.25, 0.3) is 0 Å². The number of amides is 2. The molecule has 144 valence electrons. The number of carbonyl (C=O) groups excluding carboxylic acids is 3. The molecule has 0 unspecified atom stereocenters. The summed E-state index contributed by atoms with van der Waals surface area (Å²) >= 11 is 0. The quantitative estimate of drug-likeness (QED) is 0.528. The van der Waals surface area contributed by atoms with Crippen molar-refractivity contribution in [3.05, 3.63) is 24.3 Å². The molecular weight excluding hydrogens is 370 g/mol. The zero-order chi connectivity index (χ0) is 19.4. The van der Waals surface area contributed by atoms with Gasteiger partial charge in [-0.1, -0.05) is 38.2 Å². The molecule has 5 rings (SSSR count). The van der Waals surface area contributed by atoms with Gasteiger partial charge in [-0.3, -0.25) is 14.4 Å². The Morgan fingerprint density at radius 3 is 2.15 bits per heavy atom. The Balaban J connectivity index is 1.40. The summed E-state index contributed by atoms with van der Waals surface area (Å²) in [6, 6.07) is 0. The molecule has 1 heterocycles. The normalized spacial score (nSPS) is 43.4. The van der Waals surface area contributed by atoms with Crippen LogP contribution in [0.1, 0.15) is 26.7 Å². The van der Waals surface area contributed by atoms with Crippen LogP contribution < -0.4 is 0 Å². The molecule has 7 nitrogen and oxygen atoms in total. The fourth-order valence-electron chi connectivity index (χ4n) is 5.91. The van der Waals surface area contributed by atoms with Crippen molar-refractivity contribution >= 4 is 27.7 Å². The Morgan fingerprint density at radius 2 is 1.67 bits per heavy atom. The van der Waals surface area contributed by atoms with Gasteiger partial charge in [-0.25, -0.2) is 0 Å². The lowest BCUT2D eigenvalue weighted by molar-refractivity contribution is -0.166. The monoisotopic (exact) mass is 391 g/mol. The maximum Gasteiger partial charge on any atom is 0.289 e. The minimum Gasteiger partial charge on any atom is -0.299 e. The number of ketones is 1. The minimum absolute atomic E-state index is 0.00342. The van der Waals surface area contributed by atoms with Gasteiger partial charge >= 0.3 is 0 Å². The number of allylic oxidation sites excluding steroid dienone is 4. The average molecular weight is 391 g/mol. The van der Waals surface area contributed by atoms with Crippen molar-refractivity contribution in [2.24, 2.45) is 40.4 Å². The van der Waals surface area contributed by atoms with Gasteiger partial charge in [-0.05, 0) is 29.6 Å². The fourth-order valence-corrected chi connectivity index (χ4v) is 7.52. The summed E-state index contributed by atoms with van der Waals surface area (Å²) in [5.74, 6) is -2.97. The third-order valence-corrected chi connectivity index (χ3v) is 8.80. The van der Waals surface area contributed by atoms with Gasteiger partial charge in [0.1, 0.15) is 5.78 Å². The molecule has 3 fully saturated rings. The fraction of sp³-hybridized carbons (Fsp3) is 0.632. The zero-order valence-electron chi connectivity index (χ0n) is 15.1. The molecule has 4 aliphatic carbocycles. The van der Waals surface area contributed by atoms with Gasteiger partial charge in [0.25, 0.3) is 21.9 Å². The third-order valence-electron chi connectivity index (χ3n) is 7.62. The van der Waals surface area contributed by atoms with Crippen molar-refractivity contribution in [3.63, 3.8) is 0 Å². The van der Waals surface area contributed by atoms with E-state index in [-0.39, 0.29) is 23.5 Å². The third kappa shape index (κ3) is 2.00. The second kappa shape index (κ2) is 4.97. The van der Waals surface area contributed by atoms with E-state index in [1.807, 2.05) is 32.1 Å². The van der Waals surface area contributed by atoms with Crippen LogP contribution in [0, 0.1) is 40.4 Å². The summed E-state index contributed by atoms with van der Waals surface area (Å²) in [4.78, 5) is 37.8. The van der Waals surface area contributed by atoms with Gasteiger partial charge in [0.15, 0.2) is 0 Å². The summed E-state index contributed by atoms with van der Waals surface area (Å²) in [5.41, 5.74) is -1.71. The topological polar surface area (TPSA) is 97.8 Å². The molecule has 4 bridgehead atoms. The van der Waals surface area contributed by atoms with E-state index in [0.29, 0.717) is 11.5 Å². The Bertz CT molecular complexity index is 917. The molecule has 0 N–H and O–H groups in total. The molecule has 2 saturated carbocycles. The summed E-state index contributed by atoms with van der Waals surface area (Å²) in [7, 11) is -4.32. The maximum atomic E-state index is 12.8. The van der Waals surface area contributed by atoms with Crippen LogP contribution in [0.4, 0.5) is 0 Å². The van der Waals surface area contributed by atoms with E-state index < -0.39 is 50.4 Å². The molecule has 5 aliphatic rings. The molecule has 27 heavy (non-hydrogen) atoms. The summed E-state index contributed by atoms with van der Waals surface area (Å²) < 4.78 is 30.6. The lowest BCUT2D eigenvalue weighted by Gasteiger charge is -2.35. The van der Waals surface area contributed by atoms with Gasteiger partial charge in [-0.2, -0.15) is 8.42 Å². The molecule has 2 amide bonds. The molecule has 8 heteroatoms. The van der Waals surface area contributed by atoms with Crippen LogP contribution in [0.2, 0.25) is 0 Å². The van der Waals surface area contributed by atoms with Gasteiger partial charge in [-0.15, -0.1) is 9.35 Å². The van der Waals surface area contributed by atoms with E-state index in [1.54, 1.807) is 6.08 Å². The van der Waals surface area contributed by atoms with E-state index in [4.69, 9.17) is 4.28 Å². The number of rotatable bonds is 4. The number of carbonyl (C=O) groups is 3. The molecule has 0 aromatic heterocycles. The summed E-state index contributed by atoms with van der Waals surface area (Å²) in [6.45, 7) is 3.75. The highest BCUT2D eigenvalue weighted by Crippen LogP contribution is 2.60. The van der Waals surface area contributed by atoms with Crippen LogP contribution in [0.3, 0.4) is 0 Å². The second-order valence-electron chi connectivity index (χ2n) is 9.03. The highest BCUT2D eigenvalue weighted by molar-refractivity contribution is 7.86. The molecule has 0 spiro atoms.